The van der Waals surface area contributed by atoms with Gasteiger partial charge in [0.1, 0.15) is 17.8 Å². The number of methoxy groups -OCH3 is 1. The van der Waals surface area contributed by atoms with Gasteiger partial charge in [0.2, 0.25) is 0 Å². The molecule has 0 aliphatic heterocycles. The minimum absolute atomic E-state index is 0.0221. The Morgan fingerprint density at radius 3 is 2.71 bits per heavy atom. The molecule has 9 heteroatoms. The Labute approximate surface area is 138 Å². The lowest BCUT2D eigenvalue weighted by molar-refractivity contribution is -0.137. The standard InChI is InChI=1S/C15H19N5O4/c1-15(2,7-6-13(21)22)17-14(23)10-4-5-12(24-3)11(8-10)20-9-16-18-19-20/h4-5,8-9H,6-7H2,1-3H3,(H,17,23)(H,21,22). The number of aliphatic carboxylic acids is 1. The van der Waals surface area contributed by atoms with Crippen LogP contribution in [0.5, 0.6) is 5.75 Å². The van der Waals surface area contributed by atoms with Crippen LogP contribution in [-0.4, -0.2) is 49.8 Å². The van der Waals surface area contributed by atoms with E-state index in [2.05, 4.69) is 20.8 Å². The molecule has 0 saturated heterocycles. The SMILES string of the molecule is COc1ccc(C(=O)NC(C)(C)CCC(=O)O)cc1-n1cnnn1. The molecule has 9 nitrogen and oxygen atoms in total. The number of hydrogen-bond donors (Lipinski definition) is 2. The van der Waals surface area contributed by atoms with E-state index in [0.717, 1.165) is 0 Å². The molecule has 0 aliphatic carbocycles. The first-order chi connectivity index (χ1) is 11.3. The van der Waals surface area contributed by atoms with E-state index < -0.39 is 11.5 Å². The number of hydrogen-bond acceptors (Lipinski definition) is 6. The summed E-state index contributed by atoms with van der Waals surface area (Å²) in [6.07, 6.45) is 1.70. The highest BCUT2D eigenvalue weighted by Gasteiger charge is 2.23. The number of amides is 1. The van der Waals surface area contributed by atoms with E-state index in [1.165, 1.54) is 18.1 Å². The topological polar surface area (TPSA) is 119 Å². The largest absolute Gasteiger partial charge is 0.494 e. The third-order valence-corrected chi connectivity index (χ3v) is 3.45. The minimum atomic E-state index is -0.900. The number of rotatable bonds is 7. The molecule has 128 valence electrons. The van der Waals surface area contributed by atoms with Crippen molar-refractivity contribution in [1.82, 2.24) is 25.5 Å². The van der Waals surface area contributed by atoms with Crippen LogP contribution >= 0.6 is 0 Å². The number of nitrogens with zero attached hydrogens (tertiary/aromatic N) is 4. The first-order valence-electron chi connectivity index (χ1n) is 7.28. The third-order valence-electron chi connectivity index (χ3n) is 3.45. The molecule has 2 rings (SSSR count). The molecule has 0 atom stereocenters. The summed E-state index contributed by atoms with van der Waals surface area (Å²) < 4.78 is 6.65. The predicted molar refractivity (Wildman–Crippen MR) is 84.1 cm³/mol. The normalized spacial score (nSPS) is 11.1. The quantitative estimate of drug-likeness (QED) is 0.777. The van der Waals surface area contributed by atoms with Crippen molar-refractivity contribution in [3.8, 4) is 11.4 Å². The van der Waals surface area contributed by atoms with E-state index in [1.54, 1.807) is 32.0 Å². The van der Waals surface area contributed by atoms with Gasteiger partial charge in [-0.1, -0.05) is 0 Å². The van der Waals surface area contributed by atoms with Gasteiger partial charge in [0.05, 0.1) is 7.11 Å². The molecular weight excluding hydrogens is 314 g/mol. The number of benzene rings is 1. The summed E-state index contributed by atoms with van der Waals surface area (Å²) in [4.78, 5) is 23.2. The van der Waals surface area contributed by atoms with Crippen LogP contribution < -0.4 is 10.1 Å². The molecule has 1 amide bonds. The Kier molecular flexibility index (Phi) is 5.12. The minimum Gasteiger partial charge on any atom is -0.494 e. The molecule has 0 saturated carbocycles. The van der Waals surface area contributed by atoms with Crippen molar-refractivity contribution in [2.75, 3.05) is 7.11 Å². The van der Waals surface area contributed by atoms with Gasteiger partial charge in [-0.3, -0.25) is 9.59 Å². The fourth-order valence-corrected chi connectivity index (χ4v) is 2.14. The molecule has 0 bridgehead atoms. The summed E-state index contributed by atoms with van der Waals surface area (Å²) in [5.41, 5.74) is 0.271. The highest BCUT2D eigenvalue weighted by atomic mass is 16.5. The summed E-state index contributed by atoms with van der Waals surface area (Å²) in [5.74, 6) is -0.700. The lowest BCUT2D eigenvalue weighted by atomic mass is 9.97. The fraction of sp³-hybridized carbons (Fsp3) is 0.400. The molecule has 0 aliphatic rings. The number of carboxylic acids is 1. The molecule has 2 N–H and O–H groups in total. The average molecular weight is 333 g/mol. The maximum absolute atomic E-state index is 12.5. The lowest BCUT2D eigenvalue weighted by Gasteiger charge is -2.25. The summed E-state index contributed by atoms with van der Waals surface area (Å²) in [6.45, 7) is 3.55. The molecule has 2 aromatic rings. The monoisotopic (exact) mass is 333 g/mol. The van der Waals surface area contributed by atoms with Crippen LogP contribution in [0.3, 0.4) is 0 Å². The first-order valence-corrected chi connectivity index (χ1v) is 7.28. The van der Waals surface area contributed by atoms with Crippen molar-refractivity contribution >= 4 is 11.9 Å². The zero-order chi connectivity index (χ0) is 17.7. The molecular formula is C15H19N5O4. The number of carbonyl (C=O) groups excluding carboxylic acids is 1. The van der Waals surface area contributed by atoms with Crippen molar-refractivity contribution < 1.29 is 19.4 Å². The van der Waals surface area contributed by atoms with Crippen LogP contribution in [0, 0.1) is 0 Å². The van der Waals surface area contributed by atoms with Crippen molar-refractivity contribution in [1.29, 1.82) is 0 Å². The average Bonchev–Trinajstić information content (AvgIpc) is 3.06. The Bertz CT molecular complexity index is 727. The van der Waals surface area contributed by atoms with Gasteiger partial charge in [-0.15, -0.1) is 5.10 Å². The number of tetrazole rings is 1. The van der Waals surface area contributed by atoms with Crippen molar-refractivity contribution in [3.05, 3.63) is 30.1 Å². The highest BCUT2D eigenvalue weighted by Crippen LogP contribution is 2.23. The van der Waals surface area contributed by atoms with Gasteiger partial charge in [-0.05, 0) is 48.9 Å². The van der Waals surface area contributed by atoms with Gasteiger partial charge in [0, 0.05) is 17.5 Å². The van der Waals surface area contributed by atoms with E-state index >= 15 is 0 Å². The zero-order valence-electron chi connectivity index (χ0n) is 13.7. The Balaban J connectivity index is 2.21. The summed E-state index contributed by atoms with van der Waals surface area (Å²) in [6, 6.07) is 4.88. The lowest BCUT2D eigenvalue weighted by Crippen LogP contribution is -2.43. The van der Waals surface area contributed by atoms with E-state index in [0.29, 0.717) is 23.4 Å². The molecule has 0 spiro atoms. The van der Waals surface area contributed by atoms with Crippen LogP contribution in [0.1, 0.15) is 37.0 Å². The molecule has 24 heavy (non-hydrogen) atoms. The maximum atomic E-state index is 12.5. The van der Waals surface area contributed by atoms with E-state index in [9.17, 15) is 9.59 Å². The van der Waals surface area contributed by atoms with E-state index in [-0.39, 0.29) is 12.3 Å². The van der Waals surface area contributed by atoms with Crippen LogP contribution in [0.4, 0.5) is 0 Å². The molecule has 0 fully saturated rings. The molecule has 1 aromatic carbocycles. The molecule has 0 radical (unpaired) electrons. The van der Waals surface area contributed by atoms with Crippen LogP contribution in [-0.2, 0) is 4.79 Å². The fourth-order valence-electron chi connectivity index (χ4n) is 2.14. The summed E-state index contributed by atoms with van der Waals surface area (Å²) in [7, 11) is 1.51. The number of ether oxygens (including phenoxy) is 1. The predicted octanol–water partition coefficient (Wildman–Crippen LogP) is 1.04. The second-order valence-corrected chi connectivity index (χ2v) is 5.87. The Morgan fingerprint density at radius 2 is 2.12 bits per heavy atom. The van der Waals surface area contributed by atoms with Crippen molar-refractivity contribution in [2.45, 2.75) is 32.2 Å². The molecule has 1 aromatic heterocycles. The summed E-state index contributed by atoms with van der Waals surface area (Å²) >= 11 is 0. The number of carboxylic acid groups (broad SMARTS) is 1. The van der Waals surface area contributed by atoms with Gasteiger partial charge < -0.3 is 15.2 Å². The highest BCUT2D eigenvalue weighted by molar-refractivity contribution is 5.95. The molecule has 0 unspecified atom stereocenters. The van der Waals surface area contributed by atoms with Gasteiger partial charge in [-0.2, -0.15) is 4.68 Å². The zero-order valence-corrected chi connectivity index (χ0v) is 13.7. The van der Waals surface area contributed by atoms with E-state index in [4.69, 9.17) is 9.84 Å². The number of carbonyl (C=O) groups is 2. The van der Waals surface area contributed by atoms with Gasteiger partial charge in [-0.25, -0.2) is 0 Å². The third kappa shape index (κ3) is 4.28. The maximum Gasteiger partial charge on any atom is 0.303 e. The van der Waals surface area contributed by atoms with E-state index in [1.807, 2.05) is 0 Å². The Morgan fingerprint density at radius 1 is 1.38 bits per heavy atom. The second-order valence-electron chi connectivity index (χ2n) is 5.87. The van der Waals surface area contributed by atoms with Gasteiger partial charge in [0.15, 0.2) is 0 Å². The Hall–Kier alpha value is -2.97. The summed E-state index contributed by atoms with van der Waals surface area (Å²) in [5, 5.41) is 22.5. The van der Waals surface area contributed by atoms with Crippen molar-refractivity contribution in [2.24, 2.45) is 0 Å². The second kappa shape index (κ2) is 7.07. The first kappa shape index (κ1) is 17.4. The van der Waals surface area contributed by atoms with Gasteiger partial charge >= 0.3 is 5.97 Å². The van der Waals surface area contributed by atoms with Crippen LogP contribution in [0.15, 0.2) is 24.5 Å². The van der Waals surface area contributed by atoms with Crippen LogP contribution in [0.25, 0.3) is 5.69 Å². The number of nitrogens with one attached hydrogen (secondary N) is 1. The molecule has 1 heterocycles. The van der Waals surface area contributed by atoms with Crippen molar-refractivity contribution in [3.63, 3.8) is 0 Å². The van der Waals surface area contributed by atoms with Gasteiger partial charge in [0.25, 0.3) is 5.91 Å². The van der Waals surface area contributed by atoms with Crippen LogP contribution in [0.2, 0.25) is 0 Å². The number of aromatic nitrogens is 4. The smallest absolute Gasteiger partial charge is 0.303 e.